The standard InChI is InChI=1S/C20H37N3O/c1-16-13-17(2)15-23(14-16)20(24)18(3)21-11-7-19(8-12-21)22-9-5-4-6-10-22/h16-19H,4-15H2,1-3H3/p+2/t16-,17-,18-/m1/s1. The van der Waals surface area contributed by atoms with Gasteiger partial charge in [-0.15, -0.1) is 0 Å². The molecule has 0 saturated carbocycles. The van der Waals surface area contributed by atoms with Crippen molar-refractivity contribution in [3.8, 4) is 0 Å². The van der Waals surface area contributed by atoms with Gasteiger partial charge < -0.3 is 14.7 Å². The molecule has 3 atom stereocenters. The monoisotopic (exact) mass is 337 g/mol. The maximum atomic E-state index is 13.0. The van der Waals surface area contributed by atoms with Crippen molar-refractivity contribution in [2.75, 3.05) is 39.3 Å². The van der Waals surface area contributed by atoms with E-state index in [1.54, 1.807) is 4.90 Å². The Bertz CT molecular complexity index is 403. The molecule has 0 unspecified atom stereocenters. The number of hydrogen-bond acceptors (Lipinski definition) is 1. The Labute approximate surface area is 148 Å². The third-order valence-corrected chi connectivity index (χ3v) is 6.86. The number of quaternary nitrogens is 2. The van der Waals surface area contributed by atoms with Crippen molar-refractivity contribution in [2.24, 2.45) is 11.8 Å². The first-order chi connectivity index (χ1) is 11.5. The molecule has 0 aromatic rings. The van der Waals surface area contributed by atoms with Gasteiger partial charge in [-0.1, -0.05) is 13.8 Å². The number of carbonyl (C=O) groups excluding carboxylic acids is 1. The van der Waals surface area contributed by atoms with E-state index in [9.17, 15) is 4.79 Å². The van der Waals surface area contributed by atoms with Crippen LogP contribution in [0.4, 0.5) is 0 Å². The predicted molar refractivity (Wildman–Crippen MR) is 97.3 cm³/mol. The van der Waals surface area contributed by atoms with E-state index < -0.39 is 0 Å². The number of rotatable bonds is 3. The van der Waals surface area contributed by atoms with Crippen molar-refractivity contribution in [1.29, 1.82) is 0 Å². The SMILES string of the molecule is C[C@@H]1C[C@@H](C)CN(C(=O)[C@@H](C)[NH+]2CCC([NH+]3CCCCC3)CC2)C1. The van der Waals surface area contributed by atoms with Crippen LogP contribution in [0.25, 0.3) is 0 Å². The van der Waals surface area contributed by atoms with Gasteiger partial charge >= 0.3 is 0 Å². The highest BCUT2D eigenvalue weighted by Gasteiger charge is 2.37. The molecule has 3 heterocycles. The average molecular weight is 338 g/mol. The summed E-state index contributed by atoms with van der Waals surface area (Å²) < 4.78 is 0. The van der Waals surface area contributed by atoms with E-state index in [0.29, 0.717) is 17.7 Å². The minimum atomic E-state index is 0.153. The van der Waals surface area contributed by atoms with E-state index in [1.807, 2.05) is 4.90 Å². The van der Waals surface area contributed by atoms with Crippen LogP contribution in [0.5, 0.6) is 0 Å². The Morgan fingerprint density at radius 3 is 2.12 bits per heavy atom. The number of likely N-dealkylation sites (tertiary alicyclic amines) is 3. The topological polar surface area (TPSA) is 29.2 Å². The van der Waals surface area contributed by atoms with Crippen LogP contribution < -0.4 is 9.80 Å². The summed E-state index contributed by atoms with van der Waals surface area (Å²) in [7, 11) is 0. The van der Waals surface area contributed by atoms with E-state index in [0.717, 1.165) is 19.1 Å². The summed E-state index contributed by atoms with van der Waals surface area (Å²) in [6, 6.07) is 1.02. The van der Waals surface area contributed by atoms with Gasteiger partial charge in [0, 0.05) is 25.9 Å². The van der Waals surface area contributed by atoms with Crippen molar-refractivity contribution in [1.82, 2.24) is 4.90 Å². The number of nitrogens with zero attached hydrogens (tertiary/aromatic N) is 1. The van der Waals surface area contributed by atoms with Crippen molar-refractivity contribution < 1.29 is 14.6 Å². The predicted octanol–water partition coefficient (Wildman–Crippen LogP) is -0.00450. The van der Waals surface area contributed by atoms with Crippen LogP contribution in [0.2, 0.25) is 0 Å². The quantitative estimate of drug-likeness (QED) is 0.746. The molecule has 0 spiro atoms. The number of carbonyl (C=O) groups is 1. The van der Waals surface area contributed by atoms with Gasteiger partial charge in [-0.05, 0) is 44.4 Å². The summed E-state index contributed by atoms with van der Waals surface area (Å²) in [6.45, 7) is 13.9. The van der Waals surface area contributed by atoms with Gasteiger partial charge in [0.2, 0.25) is 0 Å². The lowest BCUT2D eigenvalue weighted by Crippen LogP contribution is -3.22. The van der Waals surface area contributed by atoms with E-state index in [2.05, 4.69) is 25.7 Å². The smallest absolute Gasteiger partial charge is 0.280 e. The normalized spacial score (nSPS) is 37.2. The van der Waals surface area contributed by atoms with E-state index in [-0.39, 0.29) is 6.04 Å². The first-order valence-corrected chi connectivity index (χ1v) is 10.5. The second-order valence-electron chi connectivity index (χ2n) is 9.06. The minimum Gasteiger partial charge on any atom is -0.337 e. The summed E-state index contributed by atoms with van der Waals surface area (Å²) in [5, 5.41) is 0. The highest BCUT2D eigenvalue weighted by Crippen LogP contribution is 2.21. The van der Waals surface area contributed by atoms with Crippen molar-refractivity contribution >= 4 is 5.91 Å². The molecule has 3 fully saturated rings. The van der Waals surface area contributed by atoms with E-state index in [4.69, 9.17) is 0 Å². The fourth-order valence-electron chi connectivity index (χ4n) is 5.54. The van der Waals surface area contributed by atoms with Crippen LogP contribution >= 0.6 is 0 Å². The van der Waals surface area contributed by atoms with Crippen molar-refractivity contribution in [2.45, 2.75) is 71.4 Å². The van der Waals surface area contributed by atoms with Crippen LogP contribution in [-0.4, -0.2) is 62.2 Å². The van der Waals surface area contributed by atoms with Crippen LogP contribution in [0, 0.1) is 11.8 Å². The lowest BCUT2D eigenvalue weighted by atomic mass is 9.91. The summed E-state index contributed by atoms with van der Waals surface area (Å²) in [6.07, 6.45) is 8.18. The zero-order chi connectivity index (χ0) is 17.1. The van der Waals surface area contributed by atoms with Crippen LogP contribution in [0.3, 0.4) is 0 Å². The Hall–Kier alpha value is -0.610. The molecule has 0 bridgehead atoms. The second kappa shape index (κ2) is 8.18. The van der Waals surface area contributed by atoms with Gasteiger partial charge in [0.1, 0.15) is 0 Å². The maximum absolute atomic E-state index is 13.0. The molecular formula is C20H39N3O+2. The fraction of sp³-hybridized carbons (Fsp3) is 0.950. The second-order valence-corrected chi connectivity index (χ2v) is 9.06. The Kier molecular flexibility index (Phi) is 6.20. The summed E-state index contributed by atoms with van der Waals surface area (Å²) in [5.74, 6) is 1.73. The third kappa shape index (κ3) is 4.32. The molecule has 4 nitrogen and oxygen atoms in total. The highest BCUT2D eigenvalue weighted by molar-refractivity contribution is 5.80. The number of hydrogen-bond donors (Lipinski definition) is 2. The largest absolute Gasteiger partial charge is 0.337 e. The first kappa shape index (κ1) is 18.2. The molecule has 3 aliphatic rings. The molecule has 3 aliphatic heterocycles. The number of piperidine rings is 3. The summed E-state index contributed by atoms with van der Waals surface area (Å²) in [4.78, 5) is 18.5. The van der Waals surface area contributed by atoms with Gasteiger partial charge in [-0.25, -0.2) is 0 Å². The Balaban J connectivity index is 1.49. The summed E-state index contributed by atoms with van der Waals surface area (Å²) >= 11 is 0. The minimum absolute atomic E-state index is 0.153. The Morgan fingerprint density at radius 1 is 0.958 bits per heavy atom. The zero-order valence-electron chi connectivity index (χ0n) is 16.2. The van der Waals surface area contributed by atoms with E-state index >= 15 is 0 Å². The van der Waals surface area contributed by atoms with Crippen LogP contribution in [0.1, 0.15) is 59.3 Å². The highest BCUT2D eigenvalue weighted by atomic mass is 16.2. The van der Waals surface area contributed by atoms with Crippen LogP contribution in [-0.2, 0) is 4.79 Å². The van der Waals surface area contributed by atoms with Gasteiger partial charge in [0.15, 0.2) is 6.04 Å². The van der Waals surface area contributed by atoms with E-state index in [1.165, 1.54) is 64.7 Å². The molecular weight excluding hydrogens is 298 g/mol. The van der Waals surface area contributed by atoms with Crippen molar-refractivity contribution in [3.05, 3.63) is 0 Å². The fourth-order valence-corrected chi connectivity index (χ4v) is 5.54. The molecule has 3 rings (SSSR count). The zero-order valence-corrected chi connectivity index (χ0v) is 16.2. The summed E-state index contributed by atoms with van der Waals surface area (Å²) in [5.41, 5.74) is 0. The van der Waals surface area contributed by atoms with Gasteiger partial charge in [0.25, 0.3) is 5.91 Å². The number of nitrogens with one attached hydrogen (secondary N) is 2. The lowest BCUT2D eigenvalue weighted by Gasteiger charge is -2.40. The molecule has 0 aliphatic carbocycles. The molecule has 138 valence electrons. The molecule has 2 N–H and O–H groups in total. The maximum Gasteiger partial charge on any atom is 0.280 e. The third-order valence-electron chi connectivity index (χ3n) is 6.86. The molecule has 4 heteroatoms. The molecule has 0 aromatic carbocycles. The Morgan fingerprint density at radius 2 is 1.54 bits per heavy atom. The van der Waals surface area contributed by atoms with Gasteiger partial charge in [0.05, 0.1) is 32.2 Å². The first-order valence-electron chi connectivity index (χ1n) is 10.5. The van der Waals surface area contributed by atoms with Crippen LogP contribution in [0.15, 0.2) is 0 Å². The molecule has 3 saturated heterocycles. The average Bonchev–Trinajstić information content (AvgIpc) is 2.60. The molecule has 1 amide bonds. The number of amides is 1. The molecule has 24 heavy (non-hydrogen) atoms. The van der Waals surface area contributed by atoms with Crippen molar-refractivity contribution in [3.63, 3.8) is 0 Å². The lowest BCUT2D eigenvalue weighted by molar-refractivity contribution is -0.965. The van der Waals surface area contributed by atoms with Gasteiger partial charge in [-0.2, -0.15) is 0 Å². The molecule has 0 aromatic heterocycles. The molecule has 0 radical (unpaired) electrons. The van der Waals surface area contributed by atoms with Gasteiger partial charge in [-0.3, -0.25) is 4.79 Å².